The third-order valence-corrected chi connectivity index (χ3v) is 2.05. The van der Waals surface area contributed by atoms with Crippen LogP contribution in [0.3, 0.4) is 0 Å². The molecule has 0 unspecified atom stereocenters. The van der Waals surface area contributed by atoms with E-state index in [9.17, 15) is 5.11 Å². The molecule has 0 aliphatic carbocycles. The van der Waals surface area contributed by atoms with Gasteiger partial charge in [-0.25, -0.2) is 0 Å². The van der Waals surface area contributed by atoms with Crippen LogP contribution in [0.1, 0.15) is 34.6 Å². The Morgan fingerprint density at radius 1 is 1.00 bits per heavy atom. The third-order valence-electron chi connectivity index (χ3n) is 2.05. The summed E-state index contributed by atoms with van der Waals surface area (Å²) in [7, 11) is 0. The van der Waals surface area contributed by atoms with Crippen molar-refractivity contribution in [3.8, 4) is 0 Å². The summed E-state index contributed by atoms with van der Waals surface area (Å²) < 4.78 is 0. The van der Waals surface area contributed by atoms with Crippen molar-refractivity contribution in [3.63, 3.8) is 0 Å². The van der Waals surface area contributed by atoms with Crippen LogP contribution in [0.4, 0.5) is 0 Å². The van der Waals surface area contributed by atoms with Crippen LogP contribution in [0, 0.1) is 11.8 Å². The monoisotopic (exact) mass is 159 g/mol. The molecule has 0 bridgehead atoms. The molecule has 0 aliphatic rings. The molecule has 2 N–H and O–H groups in total. The highest BCUT2D eigenvalue weighted by molar-refractivity contribution is 4.67. The molecule has 0 rings (SSSR count). The van der Waals surface area contributed by atoms with E-state index in [4.69, 9.17) is 0 Å². The Labute approximate surface area is 70.0 Å². The molecule has 0 spiro atoms. The lowest BCUT2D eigenvalue weighted by Crippen LogP contribution is -2.40. The zero-order valence-electron chi connectivity index (χ0n) is 8.26. The van der Waals surface area contributed by atoms with Gasteiger partial charge in [0.2, 0.25) is 0 Å². The maximum Gasteiger partial charge on any atom is 0.107 e. The van der Waals surface area contributed by atoms with Gasteiger partial charge in [-0.15, -0.1) is 0 Å². The highest BCUT2D eigenvalue weighted by Crippen LogP contribution is 2.12. The molecule has 0 fully saturated rings. The van der Waals surface area contributed by atoms with E-state index < -0.39 is 0 Å². The molecular formula is C9H21NO. The maximum absolute atomic E-state index is 9.55. The fourth-order valence-corrected chi connectivity index (χ4v) is 0.858. The topological polar surface area (TPSA) is 32.3 Å². The molecule has 0 amide bonds. The van der Waals surface area contributed by atoms with Crippen LogP contribution >= 0.6 is 0 Å². The molecule has 11 heavy (non-hydrogen) atoms. The number of aliphatic hydroxyl groups excluding tert-OH is 1. The highest BCUT2D eigenvalue weighted by atomic mass is 16.3. The molecule has 0 saturated heterocycles. The van der Waals surface area contributed by atoms with Gasteiger partial charge in [-0.05, 0) is 25.7 Å². The molecular weight excluding hydrogens is 138 g/mol. The molecule has 0 aliphatic heterocycles. The van der Waals surface area contributed by atoms with Crippen molar-refractivity contribution in [2.75, 3.05) is 0 Å². The van der Waals surface area contributed by atoms with E-state index in [1.165, 1.54) is 0 Å². The van der Waals surface area contributed by atoms with Crippen molar-refractivity contribution in [1.29, 1.82) is 0 Å². The Kier molecular flexibility index (Phi) is 4.69. The van der Waals surface area contributed by atoms with Gasteiger partial charge in [-0.3, -0.25) is 5.32 Å². The molecule has 2 nitrogen and oxygen atoms in total. The molecule has 0 aromatic heterocycles. The van der Waals surface area contributed by atoms with E-state index in [2.05, 4.69) is 26.1 Å². The Hall–Kier alpha value is -0.0800. The summed E-state index contributed by atoms with van der Waals surface area (Å²) in [5.74, 6) is 0.841. The van der Waals surface area contributed by atoms with E-state index in [1.54, 1.807) is 0 Å². The van der Waals surface area contributed by atoms with E-state index >= 15 is 0 Å². The lowest BCUT2D eigenvalue weighted by atomic mass is 9.96. The van der Waals surface area contributed by atoms with Crippen LogP contribution in [0.2, 0.25) is 0 Å². The van der Waals surface area contributed by atoms with Crippen molar-refractivity contribution < 1.29 is 5.11 Å². The van der Waals surface area contributed by atoms with Gasteiger partial charge in [0.15, 0.2) is 0 Å². The second kappa shape index (κ2) is 4.73. The molecule has 0 radical (unpaired) electrons. The Balaban J connectivity index is 3.73. The zero-order chi connectivity index (χ0) is 9.02. The van der Waals surface area contributed by atoms with Gasteiger partial charge in [0.1, 0.15) is 6.23 Å². The summed E-state index contributed by atoms with van der Waals surface area (Å²) in [5.41, 5.74) is 0. The maximum atomic E-state index is 9.55. The van der Waals surface area contributed by atoms with Crippen molar-refractivity contribution in [2.45, 2.75) is 46.9 Å². The number of nitrogens with one attached hydrogen (secondary N) is 1. The van der Waals surface area contributed by atoms with E-state index in [1.807, 2.05) is 13.8 Å². The van der Waals surface area contributed by atoms with Gasteiger partial charge >= 0.3 is 0 Å². The molecule has 0 aromatic rings. The molecule has 0 saturated carbocycles. The predicted molar refractivity (Wildman–Crippen MR) is 48.3 cm³/mol. The largest absolute Gasteiger partial charge is 0.378 e. The Morgan fingerprint density at radius 2 is 1.45 bits per heavy atom. The number of hydrogen-bond acceptors (Lipinski definition) is 2. The normalized spacial score (nSPS) is 17.5. The second-order valence-electron chi connectivity index (χ2n) is 3.87. The first-order valence-corrected chi connectivity index (χ1v) is 4.39. The van der Waals surface area contributed by atoms with Crippen LogP contribution in [0.5, 0.6) is 0 Å². The summed E-state index contributed by atoms with van der Waals surface area (Å²) in [6.07, 6.45) is -0.366. The van der Waals surface area contributed by atoms with Gasteiger partial charge in [0.25, 0.3) is 0 Å². The third kappa shape index (κ3) is 4.38. The first-order valence-electron chi connectivity index (χ1n) is 4.39. The number of rotatable bonds is 4. The molecule has 2 atom stereocenters. The fraction of sp³-hybridized carbons (Fsp3) is 1.00. The smallest absolute Gasteiger partial charge is 0.107 e. The predicted octanol–water partition coefficient (Wildman–Crippen LogP) is 1.59. The molecule has 68 valence electrons. The molecule has 0 heterocycles. The summed E-state index contributed by atoms with van der Waals surface area (Å²) in [6.45, 7) is 10.4. The summed E-state index contributed by atoms with van der Waals surface area (Å²) in [5, 5.41) is 12.6. The lowest BCUT2D eigenvalue weighted by Gasteiger charge is -2.24. The minimum Gasteiger partial charge on any atom is -0.378 e. The number of hydrogen-bond donors (Lipinski definition) is 2. The SMILES string of the molecule is CC(C)N[C@@H](O)[C@H](C)C(C)C. The molecule has 2 heteroatoms. The van der Waals surface area contributed by atoms with Crippen LogP contribution in [0.15, 0.2) is 0 Å². The van der Waals surface area contributed by atoms with Gasteiger partial charge in [0, 0.05) is 6.04 Å². The average molecular weight is 159 g/mol. The number of aliphatic hydroxyl groups is 1. The van der Waals surface area contributed by atoms with Crippen molar-refractivity contribution in [2.24, 2.45) is 11.8 Å². The highest BCUT2D eigenvalue weighted by Gasteiger charge is 2.17. The van der Waals surface area contributed by atoms with Crippen LogP contribution in [-0.2, 0) is 0 Å². The van der Waals surface area contributed by atoms with Gasteiger partial charge < -0.3 is 5.11 Å². The fourth-order valence-electron chi connectivity index (χ4n) is 0.858. The van der Waals surface area contributed by atoms with Gasteiger partial charge in [-0.2, -0.15) is 0 Å². The van der Waals surface area contributed by atoms with E-state index in [0.29, 0.717) is 17.9 Å². The second-order valence-corrected chi connectivity index (χ2v) is 3.87. The minimum absolute atomic E-state index is 0.317. The Bertz CT molecular complexity index is 102. The van der Waals surface area contributed by atoms with Crippen LogP contribution < -0.4 is 5.32 Å². The van der Waals surface area contributed by atoms with E-state index in [-0.39, 0.29) is 6.23 Å². The van der Waals surface area contributed by atoms with Crippen molar-refractivity contribution in [1.82, 2.24) is 5.32 Å². The first kappa shape index (κ1) is 10.9. The quantitative estimate of drug-likeness (QED) is 0.611. The minimum atomic E-state index is -0.366. The van der Waals surface area contributed by atoms with Gasteiger partial charge in [-0.1, -0.05) is 20.8 Å². The average Bonchev–Trinajstić information content (AvgIpc) is 1.84. The first-order chi connectivity index (χ1) is 4.95. The van der Waals surface area contributed by atoms with E-state index in [0.717, 1.165) is 0 Å². The van der Waals surface area contributed by atoms with Crippen LogP contribution in [-0.4, -0.2) is 17.4 Å². The Morgan fingerprint density at radius 3 is 1.73 bits per heavy atom. The molecule has 0 aromatic carbocycles. The van der Waals surface area contributed by atoms with Crippen molar-refractivity contribution in [3.05, 3.63) is 0 Å². The summed E-state index contributed by atoms with van der Waals surface area (Å²) in [6, 6.07) is 0.353. The summed E-state index contributed by atoms with van der Waals surface area (Å²) >= 11 is 0. The summed E-state index contributed by atoms with van der Waals surface area (Å²) in [4.78, 5) is 0. The van der Waals surface area contributed by atoms with Crippen molar-refractivity contribution >= 4 is 0 Å². The standard InChI is InChI=1S/C9H21NO/c1-6(2)8(5)9(11)10-7(3)4/h6-11H,1-5H3/t8-,9+/m1/s1. The lowest BCUT2D eigenvalue weighted by molar-refractivity contribution is 0.0537. The van der Waals surface area contributed by atoms with Gasteiger partial charge in [0.05, 0.1) is 0 Å². The van der Waals surface area contributed by atoms with Crippen LogP contribution in [0.25, 0.3) is 0 Å². The zero-order valence-corrected chi connectivity index (χ0v) is 8.26.